The summed E-state index contributed by atoms with van der Waals surface area (Å²) in [7, 11) is 0. The Morgan fingerprint density at radius 3 is 1.88 bits per heavy atom. The second kappa shape index (κ2) is 7.30. The van der Waals surface area contributed by atoms with Crippen LogP contribution in [-0.2, 0) is 22.8 Å². The zero-order chi connectivity index (χ0) is 18.7. The van der Waals surface area contributed by atoms with Crippen molar-refractivity contribution in [2.24, 2.45) is 0 Å². The van der Waals surface area contributed by atoms with Crippen molar-refractivity contribution in [1.29, 1.82) is 0 Å². The number of anilines is 1. The van der Waals surface area contributed by atoms with Crippen LogP contribution in [-0.4, -0.2) is 5.91 Å². The van der Waals surface area contributed by atoms with E-state index < -0.39 is 11.7 Å². The van der Waals surface area contributed by atoms with E-state index in [2.05, 4.69) is 38.2 Å². The maximum atomic E-state index is 12.5. The zero-order valence-electron chi connectivity index (χ0n) is 14.6. The third-order valence-corrected chi connectivity index (χ3v) is 3.96. The molecule has 0 spiro atoms. The Balaban J connectivity index is 1.88. The van der Waals surface area contributed by atoms with E-state index in [-0.39, 0.29) is 17.7 Å². The minimum atomic E-state index is -4.37. The van der Waals surface area contributed by atoms with Gasteiger partial charge in [0.25, 0.3) is 0 Å². The number of hydrogen-bond acceptors (Lipinski definition) is 1. The molecule has 2 rings (SSSR count). The SMILES string of the molecule is CC(C)(C)c1ccc(CCC(=O)Nc2ccc(C(F)(F)F)cc2)cc1. The third-order valence-electron chi connectivity index (χ3n) is 3.96. The van der Waals surface area contributed by atoms with Gasteiger partial charge in [-0.3, -0.25) is 4.79 Å². The van der Waals surface area contributed by atoms with Crippen molar-refractivity contribution in [3.63, 3.8) is 0 Å². The number of nitrogens with one attached hydrogen (secondary N) is 1. The maximum Gasteiger partial charge on any atom is 0.416 e. The lowest BCUT2D eigenvalue weighted by Gasteiger charge is -2.19. The summed E-state index contributed by atoms with van der Waals surface area (Å²) in [6.07, 6.45) is -3.52. The normalized spacial score (nSPS) is 12.1. The zero-order valence-corrected chi connectivity index (χ0v) is 14.6. The van der Waals surface area contributed by atoms with Crippen molar-refractivity contribution in [2.75, 3.05) is 5.32 Å². The average Bonchev–Trinajstić information content (AvgIpc) is 2.52. The van der Waals surface area contributed by atoms with E-state index in [1.807, 2.05) is 12.1 Å². The minimum Gasteiger partial charge on any atom is -0.326 e. The van der Waals surface area contributed by atoms with E-state index in [9.17, 15) is 18.0 Å². The van der Waals surface area contributed by atoms with Crippen LogP contribution in [0.25, 0.3) is 0 Å². The Morgan fingerprint density at radius 1 is 0.880 bits per heavy atom. The molecule has 25 heavy (non-hydrogen) atoms. The van der Waals surface area contributed by atoms with Gasteiger partial charge >= 0.3 is 6.18 Å². The van der Waals surface area contributed by atoms with Crippen LogP contribution in [0.3, 0.4) is 0 Å². The molecule has 0 aliphatic carbocycles. The first-order chi connectivity index (χ1) is 11.6. The summed E-state index contributed by atoms with van der Waals surface area (Å²) in [5.41, 5.74) is 1.99. The van der Waals surface area contributed by atoms with Gasteiger partial charge in [-0.2, -0.15) is 13.2 Å². The number of hydrogen-bond donors (Lipinski definition) is 1. The first-order valence-electron chi connectivity index (χ1n) is 8.12. The fourth-order valence-electron chi connectivity index (χ4n) is 2.40. The fourth-order valence-corrected chi connectivity index (χ4v) is 2.40. The molecule has 0 unspecified atom stereocenters. The van der Waals surface area contributed by atoms with Gasteiger partial charge in [0.2, 0.25) is 5.91 Å². The largest absolute Gasteiger partial charge is 0.416 e. The predicted molar refractivity (Wildman–Crippen MR) is 93.5 cm³/mol. The van der Waals surface area contributed by atoms with E-state index in [1.165, 1.54) is 17.7 Å². The van der Waals surface area contributed by atoms with Crippen molar-refractivity contribution in [3.8, 4) is 0 Å². The predicted octanol–water partition coefficient (Wildman–Crippen LogP) is 5.57. The van der Waals surface area contributed by atoms with Crippen molar-refractivity contribution in [1.82, 2.24) is 0 Å². The minimum absolute atomic E-state index is 0.0818. The van der Waals surface area contributed by atoms with Gasteiger partial charge in [0.15, 0.2) is 0 Å². The van der Waals surface area contributed by atoms with Crippen molar-refractivity contribution in [2.45, 2.75) is 45.2 Å². The highest BCUT2D eigenvalue weighted by molar-refractivity contribution is 5.90. The summed E-state index contributed by atoms with van der Waals surface area (Å²) in [6, 6.07) is 12.6. The number of carbonyl (C=O) groups is 1. The quantitative estimate of drug-likeness (QED) is 0.768. The lowest BCUT2D eigenvalue weighted by molar-refractivity contribution is -0.137. The molecule has 0 atom stereocenters. The smallest absolute Gasteiger partial charge is 0.326 e. The monoisotopic (exact) mass is 349 g/mol. The maximum absolute atomic E-state index is 12.5. The summed E-state index contributed by atoms with van der Waals surface area (Å²) < 4.78 is 37.5. The molecule has 5 heteroatoms. The Hall–Kier alpha value is -2.30. The molecule has 1 amide bonds. The Labute approximate surface area is 146 Å². The van der Waals surface area contributed by atoms with Gasteiger partial charge in [0.1, 0.15) is 0 Å². The summed E-state index contributed by atoms with van der Waals surface area (Å²) in [5.74, 6) is -0.223. The fraction of sp³-hybridized carbons (Fsp3) is 0.350. The number of rotatable bonds is 4. The number of alkyl halides is 3. The molecule has 2 nitrogen and oxygen atoms in total. The Bertz CT molecular complexity index is 711. The number of amides is 1. The molecule has 1 N–H and O–H groups in total. The van der Waals surface area contributed by atoms with Crippen LogP contribution in [0.1, 0.15) is 43.9 Å². The molecule has 0 heterocycles. The van der Waals surface area contributed by atoms with Crippen molar-refractivity contribution < 1.29 is 18.0 Å². The lowest BCUT2D eigenvalue weighted by Crippen LogP contribution is -2.13. The number of carbonyl (C=O) groups excluding carboxylic acids is 1. The van der Waals surface area contributed by atoms with Gasteiger partial charge in [-0.1, -0.05) is 45.0 Å². The van der Waals surface area contributed by atoms with E-state index in [0.717, 1.165) is 17.7 Å². The molecular formula is C20H22F3NO. The molecule has 0 saturated heterocycles. The highest BCUT2D eigenvalue weighted by Gasteiger charge is 2.29. The van der Waals surface area contributed by atoms with Gasteiger partial charge < -0.3 is 5.32 Å². The van der Waals surface area contributed by atoms with Gasteiger partial charge in [-0.25, -0.2) is 0 Å². The van der Waals surface area contributed by atoms with Gasteiger partial charge in [-0.15, -0.1) is 0 Å². The Morgan fingerprint density at radius 2 is 1.40 bits per heavy atom. The number of halogens is 3. The van der Waals surface area contributed by atoms with Crippen LogP contribution in [0, 0.1) is 0 Å². The van der Waals surface area contributed by atoms with Gasteiger partial charge in [0.05, 0.1) is 5.56 Å². The second-order valence-corrected chi connectivity index (χ2v) is 7.07. The molecule has 0 aliphatic rings. The van der Waals surface area contributed by atoms with E-state index in [0.29, 0.717) is 12.1 Å². The van der Waals surface area contributed by atoms with Crippen LogP contribution < -0.4 is 5.32 Å². The second-order valence-electron chi connectivity index (χ2n) is 7.07. The molecule has 0 saturated carbocycles. The average molecular weight is 349 g/mol. The molecular weight excluding hydrogens is 327 g/mol. The molecule has 0 bridgehead atoms. The van der Waals surface area contributed by atoms with Gasteiger partial charge in [-0.05, 0) is 47.2 Å². The van der Waals surface area contributed by atoms with Crippen LogP contribution in [0.2, 0.25) is 0 Å². The van der Waals surface area contributed by atoms with Crippen molar-refractivity contribution >= 4 is 11.6 Å². The molecule has 2 aromatic carbocycles. The summed E-state index contributed by atoms with van der Waals surface area (Å²) in [6.45, 7) is 6.42. The van der Waals surface area contributed by atoms with E-state index >= 15 is 0 Å². The van der Waals surface area contributed by atoms with Crippen LogP contribution in [0.4, 0.5) is 18.9 Å². The summed E-state index contributed by atoms with van der Waals surface area (Å²) in [5, 5.41) is 2.62. The van der Waals surface area contributed by atoms with Crippen molar-refractivity contribution in [3.05, 3.63) is 65.2 Å². The highest BCUT2D eigenvalue weighted by atomic mass is 19.4. The molecule has 134 valence electrons. The first-order valence-corrected chi connectivity index (χ1v) is 8.12. The van der Waals surface area contributed by atoms with Crippen LogP contribution >= 0.6 is 0 Å². The molecule has 0 aromatic heterocycles. The molecule has 0 fully saturated rings. The first kappa shape index (κ1) is 19.0. The van der Waals surface area contributed by atoms with Gasteiger partial charge in [0, 0.05) is 12.1 Å². The molecule has 0 radical (unpaired) electrons. The molecule has 2 aromatic rings. The highest BCUT2D eigenvalue weighted by Crippen LogP contribution is 2.29. The van der Waals surface area contributed by atoms with E-state index in [1.54, 1.807) is 0 Å². The number of aryl methyl sites for hydroxylation is 1. The number of benzene rings is 2. The van der Waals surface area contributed by atoms with E-state index in [4.69, 9.17) is 0 Å². The molecule has 0 aliphatic heterocycles. The third kappa shape index (κ3) is 5.62. The topological polar surface area (TPSA) is 29.1 Å². The summed E-state index contributed by atoms with van der Waals surface area (Å²) >= 11 is 0. The summed E-state index contributed by atoms with van der Waals surface area (Å²) in [4.78, 5) is 12.0. The van der Waals surface area contributed by atoms with Crippen LogP contribution in [0.5, 0.6) is 0 Å². The standard InChI is InChI=1S/C20H22F3NO/c1-19(2,3)15-7-4-14(5-8-15)6-13-18(25)24-17-11-9-16(10-12-17)20(21,22)23/h4-5,7-12H,6,13H2,1-3H3,(H,24,25). The lowest BCUT2D eigenvalue weighted by atomic mass is 9.86. The Kier molecular flexibility index (Phi) is 5.55. The van der Waals surface area contributed by atoms with Crippen LogP contribution in [0.15, 0.2) is 48.5 Å².